The van der Waals surface area contributed by atoms with E-state index in [-0.39, 0.29) is 6.42 Å². The molecule has 162 valence electrons. The number of hydrogen-bond acceptors (Lipinski definition) is 2. The summed E-state index contributed by atoms with van der Waals surface area (Å²) in [5, 5.41) is 24.5. The summed E-state index contributed by atoms with van der Waals surface area (Å²) in [6.07, 6.45) is 0.274. The van der Waals surface area contributed by atoms with Gasteiger partial charge in [-0.2, -0.15) is 0 Å². The van der Waals surface area contributed by atoms with Gasteiger partial charge in [0.25, 0.3) is 0 Å². The zero-order valence-electron chi connectivity index (χ0n) is 18.6. The molecule has 2 N–H and O–H groups in total. The summed E-state index contributed by atoms with van der Waals surface area (Å²) in [5.74, 6) is 0. The molecular weight excluding hydrogens is 392 g/mol. The van der Waals surface area contributed by atoms with Gasteiger partial charge in [0.1, 0.15) is 5.60 Å². The lowest BCUT2D eigenvalue weighted by molar-refractivity contribution is -0.157. The van der Waals surface area contributed by atoms with E-state index in [2.05, 4.69) is 0 Å². The van der Waals surface area contributed by atoms with Crippen LogP contribution in [0.4, 0.5) is 0 Å². The summed E-state index contributed by atoms with van der Waals surface area (Å²) in [6.45, 7) is 3.42. The van der Waals surface area contributed by atoms with Crippen molar-refractivity contribution in [2.75, 3.05) is 0 Å². The number of aliphatic hydroxyl groups is 2. The summed E-state index contributed by atoms with van der Waals surface area (Å²) in [6, 6.07) is 40.0. The Kier molecular flexibility index (Phi) is 6.01. The predicted octanol–water partition coefficient (Wildman–Crippen LogP) is 5.77. The van der Waals surface area contributed by atoms with Gasteiger partial charge in [0, 0.05) is 6.42 Å². The van der Waals surface area contributed by atoms with Crippen LogP contribution in [-0.2, 0) is 11.8 Å². The molecule has 0 spiro atoms. The highest BCUT2D eigenvalue weighted by molar-refractivity contribution is 5.55. The average molecular weight is 423 g/mol. The van der Waals surface area contributed by atoms with Crippen LogP contribution in [0, 0.1) is 0 Å². The lowest BCUT2D eigenvalue weighted by Crippen LogP contribution is -2.66. The Bertz CT molecular complexity index is 1020. The van der Waals surface area contributed by atoms with Gasteiger partial charge in [-0.25, -0.2) is 0 Å². The van der Waals surface area contributed by atoms with Crippen LogP contribution in [-0.4, -0.2) is 21.4 Å². The van der Waals surface area contributed by atoms with Crippen LogP contribution >= 0.6 is 0 Å². The molecular formula is C30H30O2. The number of rotatable bonds is 7. The van der Waals surface area contributed by atoms with E-state index in [1.807, 2.05) is 121 Å². The molecule has 0 bridgehead atoms. The monoisotopic (exact) mass is 422 g/mol. The first-order valence-electron chi connectivity index (χ1n) is 11.0. The third kappa shape index (κ3) is 3.66. The van der Waals surface area contributed by atoms with Crippen molar-refractivity contribution in [2.45, 2.75) is 36.9 Å². The number of benzene rings is 4. The zero-order chi connectivity index (χ0) is 22.7. The third-order valence-electron chi connectivity index (χ3n) is 6.56. The quantitative estimate of drug-likeness (QED) is 0.372. The van der Waals surface area contributed by atoms with E-state index < -0.39 is 16.6 Å². The Hall–Kier alpha value is -3.20. The van der Waals surface area contributed by atoms with Gasteiger partial charge < -0.3 is 10.2 Å². The summed E-state index contributed by atoms with van der Waals surface area (Å²) in [5.41, 5.74) is -0.293. The van der Waals surface area contributed by atoms with Gasteiger partial charge in [-0.1, -0.05) is 121 Å². The molecule has 0 aliphatic carbocycles. The zero-order valence-corrected chi connectivity index (χ0v) is 18.6. The Balaban J connectivity index is 2.14. The molecule has 1 unspecified atom stereocenters. The van der Waals surface area contributed by atoms with Crippen molar-refractivity contribution in [1.29, 1.82) is 0 Å². The van der Waals surface area contributed by atoms with Gasteiger partial charge in [-0.05, 0) is 36.1 Å². The maximum absolute atomic E-state index is 12.8. The average Bonchev–Trinajstić information content (AvgIpc) is 2.82. The maximum Gasteiger partial charge on any atom is 0.114 e. The Labute approximate surface area is 190 Å². The minimum atomic E-state index is -1.58. The molecule has 0 saturated carbocycles. The van der Waals surface area contributed by atoms with Crippen LogP contribution in [0.2, 0.25) is 0 Å². The van der Waals surface area contributed by atoms with Crippen LogP contribution in [0.5, 0.6) is 0 Å². The standard InChI is InChI=1S/C30H30O2/c1-28(2,31)29(32,23-24-15-7-3-8-16-24)30(25-17-9-4-10-18-25,26-19-11-5-12-20-26)27-21-13-6-14-22-27/h3-22,31-32H,23H2,1-2H3. The molecule has 0 aliphatic rings. The predicted molar refractivity (Wildman–Crippen MR) is 131 cm³/mol. The van der Waals surface area contributed by atoms with Crippen molar-refractivity contribution in [3.05, 3.63) is 144 Å². The smallest absolute Gasteiger partial charge is 0.114 e. The van der Waals surface area contributed by atoms with Crippen LogP contribution in [0.3, 0.4) is 0 Å². The summed E-state index contributed by atoms with van der Waals surface area (Å²) in [7, 11) is 0. The first-order chi connectivity index (χ1) is 15.4. The Morgan fingerprint density at radius 2 is 0.812 bits per heavy atom. The molecule has 0 heterocycles. The van der Waals surface area contributed by atoms with Crippen molar-refractivity contribution in [3.63, 3.8) is 0 Å². The fraction of sp³-hybridized carbons (Fsp3) is 0.200. The second kappa shape index (κ2) is 8.74. The molecule has 0 aromatic heterocycles. The summed E-state index contributed by atoms with van der Waals surface area (Å²) < 4.78 is 0. The van der Waals surface area contributed by atoms with Crippen LogP contribution in [0.15, 0.2) is 121 Å². The molecule has 4 aromatic carbocycles. The third-order valence-corrected chi connectivity index (χ3v) is 6.56. The van der Waals surface area contributed by atoms with E-state index in [4.69, 9.17) is 0 Å². The van der Waals surface area contributed by atoms with E-state index in [0.717, 1.165) is 22.3 Å². The number of hydrogen-bond donors (Lipinski definition) is 2. The van der Waals surface area contributed by atoms with E-state index in [1.165, 1.54) is 0 Å². The normalized spacial score (nSPS) is 14.0. The SMILES string of the molecule is CC(C)(O)C(O)(Cc1ccccc1)C(c1ccccc1)(c1ccccc1)c1ccccc1. The van der Waals surface area contributed by atoms with Gasteiger partial charge in [0.15, 0.2) is 0 Å². The van der Waals surface area contributed by atoms with E-state index in [0.29, 0.717) is 0 Å². The minimum Gasteiger partial charge on any atom is -0.387 e. The Morgan fingerprint density at radius 1 is 0.500 bits per heavy atom. The van der Waals surface area contributed by atoms with Gasteiger partial charge in [0.2, 0.25) is 0 Å². The van der Waals surface area contributed by atoms with E-state index in [9.17, 15) is 10.2 Å². The first kappa shape index (κ1) is 22.0. The fourth-order valence-electron chi connectivity index (χ4n) is 4.98. The molecule has 4 rings (SSSR count). The van der Waals surface area contributed by atoms with Gasteiger partial charge >= 0.3 is 0 Å². The van der Waals surface area contributed by atoms with E-state index in [1.54, 1.807) is 13.8 Å². The molecule has 32 heavy (non-hydrogen) atoms. The van der Waals surface area contributed by atoms with Gasteiger partial charge in [0.05, 0.1) is 11.0 Å². The highest BCUT2D eigenvalue weighted by Crippen LogP contribution is 2.52. The Morgan fingerprint density at radius 3 is 1.12 bits per heavy atom. The van der Waals surface area contributed by atoms with Crippen molar-refractivity contribution in [3.8, 4) is 0 Å². The summed E-state index contributed by atoms with van der Waals surface area (Å²) >= 11 is 0. The summed E-state index contributed by atoms with van der Waals surface area (Å²) in [4.78, 5) is 0. The molecule has 0 aliphatic heterocycles. The lowest BCUT2D eigenvalue weighted by atomic mass is 9.53. The highest BCUT2D eigenvalue weighted by atomic mass is 16.4. The van der Waals surface area contributed by atoms with Crippen molar-refractivity contribution in [2.24, 2.45) is 0 Å². The van der Waals surface area contributed by atoms with Crippen LogP contribution in [0.25, 0.3) is 0 Å². The molecule has 2 heteroatoms. The topological polar surface area (TPSA) is 40.5 Å². The van der Waals surface area contributed by atoms with Gasteiger partial charge in [-0.3, -0.25) is 0 Å². The molecule has 0 radical (unpaired) electrons. The second-order valence-electron chi connectivity index (χ2n) is 8.93. The van der Waals surface area contributed by atoms with Crippen LogP contribution in [0.1, 0.15) is 36.1 Å². The molecule has 2 nitrogen and oxygen atoms in total. The first-order valence-corrected chi connectivity index (χ1v) is 11.0. The van der Waals surface area contributed by atoms with Crippen molar-refractivity contribution >= 4 is 0 Å². The lowest BCUT2D eigenvalue weighted by Gasteiger charge is -2.54. The minimum absolute atomic E-state index is 0.274. The highest BCUT2D eigenvalue weighted by Gasteiger charge is 2.60. The molecule has 1 atom stereocenters. The molecule has 0 fully saturated rings. The van der Waals surface area contributed by atoms with Crippen LogP contribution < -0.4 is 0 Å². The fourth-order valence-corrected chi connectivity index (χ4v) is 4.98. The van der Waals surface area contributed by atoms with Crippen molar-refractivity contribution < 1.29 is 10.2 Å². The van der Waals surface area contributed by atoms with Gasteiger partial charge in [-0.15, -0.1) is 0 Å². The second-order valence-corrected chi connectivity index (χ2v) is 8.93. The molecule has 0 saturated heterocycles. The molecule has 4 aromatic rings. The molecule has 0 amide bonds. The van der Waals surface area contributed by atoms with Crippen molar-refractivity contribution in [1.82, 2.24) is 0 Å². The maximum atomic E-state index is 12.8. The van der Waals surface area contributed by atoms with E-state index >= 15 is 0 Å². The largest absolute Gasteiger partial charge is 0.387 e.